The normalized spacial score (nSPS) is 14.8. The first-order valence-corrected chi connectivity index (χ1v) is 6.15. The Hall–Kier alpha value is -1.88. The van der Waals surface area contributed by atoms with E-state index in [1.54, 1.807) is 4.57 Å². The van der Waals surface area contributed by atoms with Crippen LogP contribution in [0.2, 0.25) is 5.15 Å². The van der Waals surface area contributed by atoms with Crippen LogP contribution in [-0.4, -0.2) is 15.6 Å². The van der Waals surface area contributed by atoms with Crippen LogP contribution in [0.5, 0.6) is 0 Å². The number of rotatable bonds is 2. The van der Waals surface area contributed by atoms with E-state index in [0.29, 0.717) is 5.52 Å². The van der Waals surface area contributed by atoms with E-state index in [1.807, 2.05) is 0 Å². The number of aromatic carboxylic acids is 1. The summed E-state index contributed by atoms with van der Waals surface area (Å²) in [5.74, 6) is -1.97. The minimum Gasteiger partial charge on any atom is -0.477 e. The number of carbonyl (C=O) groups is 1. The largest absolute Gasteiger partial charge is 0.477 e. The van der Waals surface area contributed by atoms with Crippen LogP contribution in [0.25, 0.3) is 10.9 Å². The van der Waals surface area contributed by atoms with E-state index in [0.717, 1.165) is 18.9 Å². The predicted molar refractivity (Wildman–Crippen MR) is 68.4 cm³/mol. The Kier molecular flexibility index (Phi) is 2.60. The molecule has 1 N–H and O–H groups in total. The van der Waals surface area contributed by atoms with Crippen molar-refractivity contribution in [3.8, 4) is 0 Å². The number of aromatic nitrogens is 1. The van der Waals surface area contributed by atoms with Gasteiger partial charge in [-0.05, 0) is 31.0 Å². The number of carboxylic acids is 1. The van der Waals surface area contributed by atoms with Gasteiger partial charge in [0.05, 0.1) is 5.52 Å². The van der Waals surface area contributed by atoms with Crippen molar-refractivity contribution in [3.05, 3.63) is 45.0 Å². The summed E-state index contributed by atoms with van der Waals surface area (Å²) < 4.78 is 14.9. The van der Waals surface area contributed by atoms with Crippen LogP contribution in [0.3, 0.4) is 0 Å². The number of halogens is 2. The zero-order valence-electron chi connectivity index (χ0n) is 9.69. The summed E-state index contributed by atoms with van der Waals surface area (Å²) in [7, 11) is 0. The molecular formula is C13H9ClFNO3. The average Bonchev–Trinajstić information content (AvgIpc) is 3.14. The number of pyridine rings is 1. The van der Waals surface area contributed by atoms with Crippen molar-refractivity contribution in [1.29, 1.82) is 0 Å². The highest BCUT2D eigenvalue weighted by atomic mass is 35.5. The molecule has 0 spiro atoms. The lowest BCUT2D eigenvalue weighted by molar-refractivity contribution is 0.0695. The molecule has 98 valence electrons. The standard InChI is InChI=1S/C13H9ClFNO3/c14-12-10(13(18)19)11(17)8-5-6(15)1-4-9(8)16(12)7-2-3-7/h1,4-5,7H,2-3H2,(H,18,19). The van der Waals surface area contributed by atoms with Gasteiger partial charge < -0.3 is 9.67 Å². The molecule has 1 heterocycles. The van der Waals surface area contributed by atoms with Gasteiger partial charge in [-0.25, -0.2) is 9.18 Å². The van der Waals surface area contributed by atoms with Crippen molar-refractivity contribution in [2.45, 2.75) is 18.9 Å². The molecule has 0 bridgehead atoms. The van der Waals surface area contributed by atoms with Gasteiger partial charge in [0.25, 0.3) is 0 Å². The third-order valence-electron chi connectivity index (χ3n) is 3.23. The lowest BCUT2D eigenvalue weighted by Gasteiger charge is -2.14. The van der Waals surface area contributed by atoms with E-state index in [4.69, 9.17) is 16.7 Å². The van der Waals surface area contributed by atoms with Gasteiger partial charge in [-0.1, -0.05) is 11.6 Å². The Morgan fingerprint density at radius 3 is 2.68 bits per heavy atom. The second-order valence-corrected chi connectivity index (χ2v) is 4.92. The fourth-order valence-corrected chi connectivity index (χ4v) is 2.63. The van der Waals surface area contributed by atoms with Crippen molar-refractivity contribution < 1.29 is 14.3 Å². The smallest absolute Gasteiger partial charge is 0.342 e. The van der Waals surface area contributed by atoms with Crippen LogP contribution >= 0.6 is 11.6 Å². The van der Waals surface area contributed by atoms with Crippen molar-refractivity contribution in [1.82, 2.24) is 4.57 Å². The summed E-state index contributed by atoms with van der Waals surface area (Å²) in [6.45, 7) is 0. The first kappa shape index (κ1) is 12.2. The Morgan fingerprint density at radius 1 is 1.42 bits per heavy atom. The van der Waals surface area contributed by atoms with Crippen LogP contribution < -0.4 is 5.43 Å². The first-order valence-electron chi connectivity index (χ1n) is 5.77. The van der Waals surface area contributed by atoms with E-state index in [2.05, 4.69) is 0 Å². The highest BCUT2D eigenvalue weighted by molar-refractivity contribution is 6.33. The first-order chi connectivity index (χ1) is 9.00. The number of carboxylic acid groups (broad SMARTS) is 1. The summed E-state index contributed by atoms with van der Waals surface area (Å²) in [5, 5.41) is 9.08. The minimum atomic E-state index is -1.39. The van der Waals surface area contributed by atoms with Gasteiger partial charge in [0.1, 0.15) is 16.5 Å². The molecule has 1 fully saturated rings. The zero-order valence-corrected chi connectivity index (χ0v) is 10.4. The highest BCUT2D eigenvalue weighted by Gasteiger charge is 2.30. The molecule has 1 aliphatic rings. The number of benzene rings is 1. The number of hydrogen-bond donors (Lipinski definition) is 1. The van der Waals surface area contributed by atoms with Crippen molar-refractivity contribution in [2.24, 2.45) is 0 Å². The topological polar surface area (TPSA) is 59.3 Å². The van der Waals surface area contributed by atoms with E-state index in [1.165, 1.54) is 12.1 Å². The number of nitrogens with zero attached hydrogens (tertiary/aromatic N) is 1. The summed E-state index contributed by atoms with van der Waals surface area (Å²) >= 11 is 6.05. The molecule has 1 aromatic carbocycles. The van der Waals surface area contributed by atoms with E-state index < -0.39 is 22.8 Å². The Morgan fingerprint density at radius 2 is 2.11 bits per heavy atom. The van der Waals surface area contributed by atoms with Crippen molar-refractivity contribution in [3.63, 3.8) is 0 Å². The Labute approximate surface area is 112 Å². The SMILES string of the molecule is O=C(O)c1c(Cl)n(C2CC2)c2ccc(F)cc2c1=O. The van der Waals surface area contributed by atoms with Crippen molar-refractivity contribution >= 4 is 28.5 Å². The van der Waals surface area contributed by atoms with Crippen LogP contribution in [0.4, 0.5) is 4.39 Å². The van der Waals surface area contributed by atoms with Gasteiger partial charge in [-0.15, -0.1) is 0 Å². The summed E-state index contributed by atoms with van der Waals surface area (Å²) in [4.78, 5) is 23.3. The third-order valence-corrected chi connectivity index (χ3v) is 3.60. The summed E-state index contributed by atoms with van der Waals surface area (Å²) in [6.07, 6.45) is 1.74. The predicted octanol–water partition coefficient (Wildman–Crippen LogP) is 2.83. The lowest BCUT2D eigenvalue weighted by atomic mass is 10.1. The molecule has 0 amide bonds. The highest BCUT2D eigenvalue weighted by Crippen LogP contribution is 2.40. The monoisotopic (exact) mass is 281 g/mol. The fraction of sp³-hybridized carbons (Fsp3) is 0.231. The molecule has 0 aliphatic heterocycles. The second kappa shape index (κ2) is 4.06. The Balaban J connectivity index is 2.51. The van der Waals surface area contributed by atoms with E-state index in [-0.39, 0.29) is 16.6 Å². The van der Waals surface area contributed by atoms with Gasteiger partial charge in [0.15, 0.2) is 0 Å². The summed E-state index contributed by atoms with van der Waals surface area (Å²) in [5.41, 5.74) is -0.764. The molecule has 4 nitrogen and oxygen atoms in total. The van der Waals surface area contributed by atoms with Crippen molar-refractivity contribution in [2.75, 3.05) is 0 Å². The van der Waals surface area contributed by atoms with Gasteiger partial charge >= 0.3 is 5.97 Å². The molecule has 2 aromatic rings. The average molecular weight is 282 g/mol. The van der Waals surface area contributed by atoms with E-state index in [9.17, 15) is 14.0 Å². The molecule has 1 saturated carbocycles. The summed E-state index contributed by atoms with van der Waals surface area (Å²) in [6, 6.07) is 3.83. The maximum Gasteiger partial charge on any atom is 0.342 e. The maximum absolute atomic E-state index is 13.3. The second-order valence-electron chi connectivity index (χ2n) is 4.56. The van der Waals surface area contributed by atoms with Crippen LogP contribution in [0, 0.1) is 5.82 Å². The molecular weight excluding hydrogens is 273 g/mol. The zero-order chi connectivity index (χ0) is 13.7. The molecule has 0 unspecified atom stereocenters. The molecule has 1 aromatic heterocycles. The Bertz CT molecular complexity index is 765. The van der Waals surface area contributed by atoms with Crippen LogP contribution in [0.1, 0.15) is 29.2 Å². The van der Waals surface area contributed by atoms with Gasteiger partial charge in [0.2, 0.25) is 5.43 Å². The molecule has 0 saturated heterocycles. The molecule has 19 heavy (non-hydrogen) atoms. The molecule has 0 radical (unpaired) electrons. The van der Waals surface area contributed by atoms with Gasteiger partial charge in [-0.3, -0.25) is 4.79 Å². The number of hydrogen-bond acceptors (Lipinski definition) is 2. The molecule has 1 aliphatic carbocycles. The lowest BCUT2D eigenvalue weighted by Crippen LogP contribution is -2.20. The molecule has 0 atom stereocenters. The van der Waals surface area contributed by atoms with E-state index >= 15 is 0 Å². The molecule has 6 heteroatoms. The minimum absolute atomic E-state index is 0.0497. The van der Waals surface area contributed by atoms with Gasteiger partial charge in [0, 0.05) is 11.4 Å². The van der Waals surface area contributed by atoms with Gasteiger partial charge in [-0.2, -0.15) is 0 Å². The number of fused-ring (bicyclic) bond motifs is 1. The molecule has 3 rings (SSSR count). The van der Waals surface area contributed by atoms with Crippen LogP contribution in [0.15, 0.2) is 23.0 Å². The quantitative estimate of drug-likeness (QED) is 0.861. The fourth-order valence-electron chi connectivity index (χ4n) is 2.23. The van der Waals surface area contributed by atoms with Crippen LogP contribution in [-0.2, 0) is 0 Å². The maximum atomic E-state index is 13.3. The third kappa shape index (κ3) is 1.81.